The Labute approximate surface area is 199 Å². The molecule has 1 heterocycles. The van der Waals surface area contributed by atoms with Crippen LogP contribution in [0.2, 0.25) is 0 Å². The second-order valence-electron chi connectivity index (χ2n) is 10.3. The fourth-order valence-electron chi connectivity index (χ4n) is 4.63. The Bertz CT molecular complexity index is 480. The number of hydrogen-bond donors (Lipinski definition) is 0. The number of likely N-dealkylation sites (tertiary alicyclic amines) is 1. The molecule has 0 spiro atoms. The largest absolute Gasteiger partial charge is 0.756 e. The Morgan fingerprint density at radius 2 is 1.16 bits per heavy atom. The summed E-state index contributed by atoms with van der Waals surface area (Å²) in [6.07, 6.45) is 22.3. The fraction of sp³-hybridized carbons (Fsp3) is 1.00. The predicted molar refractivity (Wildman–Crippen MR) is 134 cm³/mol. The number of phosphoric acid groups is 1. The van der Waals surface area contributed by atoms with E-state index in [4.69, 9.17) is 9.05 Å². The first-order valence-corrected chi connectivity index (χ1v) is 15.3. The molecule has 0 radical (unpaired) electrons. The van der Waals surface area contributed by atoms with Crippen molar-refractivity contribution in [1.29, 1.82) is 0 Å². The lowest BCUT2D eigenvalue weighted by molar-refractivity contribution is -0.913. The third kappa shape index (κ3) is 15.8. The van der Waals surface area contributed by atoms with Crippen LogP contribution in [0.1, 0.15) is 129 Å². The lowest BCUT2D eigenvalue weighted by Crippen LogP contribution is -2.51. The summed E-state index contributed by atoms with van der Waals surface area (Å²) < 4.78 is 23.5. The third-order valence-electron chi connectivity index (χ3n) is 7.27. The summed E-state index contributed by atoms with van der Waals surface area (Å²) in [7, 11) is -1.94. The highest BCUT2D eigenvalue weighted by Gasteiger charge is 2.31. The molecule has 32 heavy (non-hydrogen) atoms. The molecule has 1 rings (SSSR count). The van der Waals surface area contributed by atoms with Crippen LogP contribution < -0.4 is 4.89 Å². The van der Waals surface area contributed by atoms with Crippen LogP contribution in [-0.4, -0.2) is 43.9 Å². The van der Waals surface area contributed by atoms with E-state index in [1.807, 2.05) is 0 Å². The van der Waals surface area contributed by atoms with Crippen molar-refractivity contribution in [2.45, 2.75) is 136 Å². The SMILES string of the molecule is CCCCCCCCCCCCCCCCCCOP(=O)([O-])OC1CC[N+](C)(CC)CC1. The van der Waals surface area contributed by atoms with Crippen LogP contribution in [0.4, 0.5) is 0 Å². The summed E-state index contributed by atoms with van der Waals surface area (Å²) in [4.78, 5) is 12.1. The number of rotatable bonds is 21. The second-order valence-corrected chi connectivity index (χ2v) is 11.6. The predicted octanol–water partition coefficient (Wildman–Crippen LogP) is 7.38. The molecule has 0 aromatic rings. The van der Waals surface area contributed by atoms with Gasteiger partial charge >= 0.3 is 0 Å². The van der Waals surface area contributed by atoms with Gasteiger partial charge in [0.25, 0.3) is 7.82 Å². The molecule has 1 aliphatic rings. The fourth-order valence-corrected chi connectivity index (χ4v) is 5.62. The quantitative estimate of drug-likeness (QED) is 0.0987. The van der Waals surface area contributed by atoms with Gasteiger partial charge in [-0.2, -0.15) is 0 Å². The standard InChI is InChI=1S/C26H54NO4P/c1-4-6-7-8-9-10-11-12-13-14-15-16-17-18-19-20-25-30-32(28,29)31-26-21-23-27(3,5-2)24-22-26/h26H,4-25H2,1-3H3. The van der Waals surface area contributed by atoms with Crippen molar-refractivity contribution >= 4 is 7.82 Å². The smallest absolute Gasteiger partial charge is 0.268 e. The minimum absolute atomic E-state index is 0.207. The van der Waals surface area contributed by atoms with Gasteiger partial charge in [-0.3, -0.25) is 4.57 Å². The van der Waals surface area contributed by atoms with Gasteiger partial charge < -0.3 is 18.4 Å². The average molecular weight is 476 g/mol. The minimum Gasteiger partial charge on any atom is -0.756 e. The monoisotopic (exact) mass is 475 g/mol. The van der Waals surface area contributed by atoms with Gasteiger partial charge in [0.15, 0.2) is 0 Å². The Kier molecular flexibility index (Phi) is 17.3. The molecule has 5 nitrogen and oxygen atoms in total. The van der Waals surface area contributed by atoms with Crippen LogP contribution in [0.25, 0.3) is 0 Å². The van der Waals surface area contributed by atoms with Crippen molar-refractivity contribution in [3.63, 3.8) is 0 Å². The van der Waals surface area contributed by atoms with Crippen LogP contribution in [0.15, 0.2) is 0 Å². The number of phosphoric ester groups is 1. The molecule has 1 aliphatic heterocycles. The molecule has 0 N–H and O–H groups in total. The van der Waals surface area contributed by atoms with Gasteiger partial charge in [0.05, 0.1) is 39.4 Å². The highest BCUT2D eigenvalue weighted by Crippen LogP contribution is 2.42. The number of piperidine rings is 1. The van der Waals surface area contributed by atoms with E-state index in [1.165, 1.54) is 89.9 Å². The van der Waals surface area contributed by atoms with Gasteiger partial charge in [-0.15, -0.1) is 0 Å². The molecule has 0 aromatic heterocycles. The summed E-state index contributed by atoms with van der Waals surface area (Å²) in [5, 5.41) is 0. The second kappa shape index (κ2) is 18.4. The van der Waals surface area contributed by atoms with E-state index in [9.17, 15) is 9.46 Å². The molecule has 1 fully saturated rings. The van der Waals surface area contributed by atoms with E-state index in [-0.39, 0.29) is 12.7 Å². The number of hydrogen-bond acceptors (Lipinski definition) is 4. The molecule has 0 amide bonds. The van der Waals surface area contributed by atoms with Gasteiger partial charge in [0.2, 0.25) is 0 Å². The topological polar surface area (TPSA) is 58.6 Å². The van der Waals surface area contributed by atoms with Crippen LogP contribution in [-0.2, 0) is 13.6 Å². The average Bonchev–Trinajstić information content (AvgIpc) is 2.77. The molecular formula is C26H54NO4P. The Hall–Kier alpha value is 0.0700. The first kappa shape index (κ1) is 30.1. The van der Waals surface area contributed by atoms with Crippen LogP contribution in [0.5, 0.6) is 0 Å². The zero-order chi connectivity index (χ0) is 23.5. The maximum Gasteiger partial charge on any atom is 0.268 e. The summed E-state index contributed by atoms with van der Waals surface area (Å²) in [6, 6.07) is 0. The van der Waals surface area contributed by atoms with Gasteiger partial charge in [0.1, 0.15) is 0 Å². The maximum atomic E-state index is 12.1. The van der Waals surface area contributed by atoms with Crippen molar-refractivity contribution in [2.75, 3.05) is 33.3 Å². The number of unbranched alkanes of at least 4 members (excludes halogenated alkanes) is 15. The molecule has 1 saturated heterocycles. The number of quaternary nitrogens is 1. The van der Waals surface area contributed by atoms with Crippen LogP contribution in [0.3, 0.4) is 0 Å². The molecule has 1 unspecified atom stereocenters. The molecule has 0 aromatic carbocycles. The van der Waals surface area contributed by atoms with Gasteiger partial charge in [0, 0.05) is 12.8 Å². The van der Waals surface area contributed by atoms with E-state index in [0.717, 1.165) is 49.8 Å². The molecular weight excluding hydrogens is 421 g/mol. The number of nitrogens with zero attached hydrogens (tertiary/aromatic N) is 1. The maximum absolute atomic E-state index is 12.1. The lowest BCUT2D eigenvalue weighted by Gasteiger charge is -2.40. The minimum atomic E-state index is -4.16. The van der Waals surface area contributed by atoms with E-state index >= 15 is 0 Å². The van der Waals surface area contributed by atoms with E-state index < -0.39 is 7.82 Å². The molecule has 0 saturated carbocycles. The van der Waals surface area contributed by atoms with Crippen LogP contribution >= 0.6 is 7.82 Å². The zero-order valence-corrected chi connectivity index (χ0v) is 22.6. The Morgan fingerprint density at radius 3 is 1.56 bits per heavy atom. The summed E-state index contributed by atoms with van der Waals surface area (Å²) in [5.41, 5.74) is 0. The van der Waals surface area contributed by atoms with E-state index in [1.54, 1.807) is 0 Å². The summed E-state index contributed by atoms with van der Waals surface area (Å²) >= 11 is 0. The lowest BCUT2D eigenvalue weighted by atomic mass is 10.0. The Balaban J connectivity index is 1.86. The van der Waals surface area contributed by atoms with Crippen LogP contribution in [0, 0.1) is 0 Å². The molecule has 1 atom stereocenters. The molecule has 6 heteroatoms. The third-order valence-corrected chi connectivity index (χ3v) is 8.33. The van der Waals surface area contributed by atoms with Gasteiger partial charge in [-0.1, -0.05) is 103 Å². The van der Waals surface area contributed by atoms with Crippen molar-refractivity contribution < 1.29 is 23.0 Å². The molecule has 192 valence electrons. The molecule has 0 bridgehead atoms. The van der Waals surface area contributed by atoms with Crippen molar-refractivity contribution in [2.24, 2.45) is 0 Å². The normalized spacial score (nSPS) is 23.3. The highest BCUT2D eigenvalue weighted by atomic mass is 31.2. The van der Waals surface area contributed by atoms with E-state index in [0.29, 0.717) is 0 Å². The van der Waals surface area contributed by atoms with Crippen molar-refractivity contribution in [3.05, 3.63) is 0 Å². The van der Waals surface area contributed by atoms with E-state index in [2.05, 4.69) is 20.9 Å². The van der Waals surface area contributed by atoms with Crippen molar-refractivity contribution in [1.82, 2.24) is 0 Å². The zero-order valence-electron chi connectivity index (χ0n) is 21.7. The summed E-state index contributed by atoms with van der Waals surface area (Å²) in [6.45, 7) is 7.74. The highest BCUT2D eigenvalue weighted by molar-refractivity contribution is 7.45. The summed E-state index contributed by atoms with van der Waals surface area (Å²) in [5.74, 6) is 0. The van der Waals surface area contributed by atoms with Gasteiger partial charge in [-0.25, -0.2) is 0 Å². The Morgan fingerprint density at radius 1 is 0.750 bits per heavy atom. The first-order valence-electron chi connectivity index (χ1n) is 13.9. The van der Waals surface area contributed by atoms with Crippen molar-refractivity contribution in [3.8, 4) is 0 Å². The first-order chi connectivity index (χ1) is 15.4. The van der Waals surface area contributed by atoms with Gasteiger partial charge in [-0.05, 0) is 13.3 Å². The molecule has 0 aliphatic carbocycles.